The molecule has 1 aromatic carbocycles. The minimum Gasteiger partial charge on any atom is -0.352 e. The van der Waals surface area contributed by atoms with Crippen molar-refractivity contribution in [1.82, 2.24) is 10.2 Å². The fraction of sp³-hybridized carbons (Fsp3) is 0.609. The van der Waals surface area contributed by atoms with Crippen LogP contribution >= 0.6 is 0 Å². The Kier molecular flexibility index (Phi) is 5.50. The number of terminal acetylenes is 1. The van der Waals surface area contributed by atoms with Gasteiger partial charge in [0.2, 0.25) is 5.91 Å². The first-order valence-corrected chi connectivity index (χ1v) is 10.6. The van der Waals surface area contributed by atoms with Crippen LogP contribution < -0.4 is 5.32 Å². The molecule has 0 aromatic heterocycles. The lowest BCUT2D eigenvalue weighted by Gasteiger charge is -2.34. The van der Waals surface area contributed by atoms with Crippen LogP contribution in [0, 0.1) is 12.3 Å². The monoisotopic (exact) mass is 378 g/mol. The Labute approximate surface area is 168 Å². The smallest absolute Gasteiger partial charge is 0.220 e. The van der Waals surface area contributed by atoms with E-state index in [1.165, 1.54) is 31.2 Å². The molecule has 2 heterocycles. The molecule has 28 heavy (non-hydrogen) atoms. The molecule has 1 saturated carbocycles. The number of rotatable bonds is 8. The Morgan fingerprint density at radius 3 is 2.64 bits per heavy atom. The second-order valence-corrected chi connectivity index (χ2v) is 8.65. The van der Waals surface area contributed by atoms with Crippen LogP contribution in [-0.2, 0) is 11.3 Å². The van der Waals surface area contributed by atoms with Gasteiger partial charge in [0.1, 0.15) is 0 Å². The summed E-state index contributed by atoms with van der Waals surface area (Å²) in [5.74, 6) is 2.76. The molecule has 1 unspecified atom stereocenters. The molecule has 1 aromatic rings. The lowest BCUT2D eigenvalue weighted by Crippen LogP contribution is -2.40. The van der Waals surface area contributed by atoms with Crippen molar-refractivity contribution in [3.05, 3.63) is 35.9 Å². The SMILES string of the molecule is C#CCCC1(CCC(=O)NC2CN(Cc3ccccc3)C3(CCCC3)C2)N=N1. The van der Waals surface area contributed by atoms with Crippen molar-refractivity contribution in [2.45, 2.75) is 81.6 Å². The summed E-state index contributed by atoms with van der Waals surface area (Å²) in [7, 11) is 0. The van der Waals surface area contributed by atoms with Crippen LogP contribution in [0.4, 0.5) is 0 Å². The van der Waals surface area contributed by atoms with Gasteiger partial charge in [0, 0.05) is 50.4 Å². The molecule has 1 N–H and O–H groups in total. The molecule has 1 saturated heterocycles. The van der Waals surface area contributed by atoms with Gasteiger partial charge < -0.3 is 5.32 Å². The Morgan fingerprint density at radius 1 is 1.21 bits per heavy atom. The zero-order valence-electron chi connectivity index (χ0n) is 16.6. The predicted octanol–water partition coefficient (Wildman–Crippen LogP) is 4.05. The van der Waals surface area contributed by atoms with E-state index in [0.717, 1.165) is 25.9 Å². The minimum atomic E-state index is -0.370. The topological polar surface area (TPSA) is 57.1 Å². The lowest BCUT2D eigenvalue weighted by atomic mass is 9.92. The van der Waals surface area contributed by atoms with Crippen molar-refractivity contribution in [2.75, 3.05) is 6.54 Å². The van der Waals surface area contributed by atoms with Crippen LogP contribution in [0.5, 0.6) is 0 Å². The van der Waals surface area contributed by atoms with Gasteiger partial charge in [0.25, 0.3) is 0 Å². The highest BCUT2D eigenvalue weighted by molar-refractivity contribution is 5.76. The van der Waals surface area contributed by atoms with Crippen molar-refractivity contribution in [3.8, 4) is 12.3 Å². The number of hydrogen-bond donors (Lipinski definition) is 1. The molecule has 148 valence electrons. The minimum absolute atomic E-state index is 0.122. The summed E-state index contributed by atoms with van der Waals surface area (Å²) in [4.78, 5) is 15.2. The number of nitrogens with zero attached hydrogens (tertiary/aromatic N) is 3. The van der Waals surface area contributed by atoms with E-state index in [9.17, 15) is 4.79 Å². The Hall–Kier alpha value is -2.19. The molecular weight excluding hydrogens is 348 g/mol. The predicted molar refractivity (Wildman–Crippen MR) is 109 cm³/mol. The normalized spacial score (nSPS) is 24.3. The first kappa shape index (κ1) is 19.1. The van der Waals surface area contributed by atoms with Crippen molar-refractivity contribution in [3.63, 3.8) is 0 Å². The van der Waals surface area contributed by atoms with E-state index < -0.39 is 0 Å². The number of nitrogens with one attached hydrogen (secondary N) is 1. The van der Waals surface area contributed by atoms with Gasteiger partial charge in [-0.3, -0.25) is 9.69 Å². The van der Waals surface area contributed by atoms with Crippen molar-refractivity contribution >= 4 is 5.91 Å². The van der Waals surface area contributed by atoms with Crippen molar-refractivity contribution in [1.29, 1.82) is 0 Å². The highest BCUT2D eigenvalue weighted by Crippen LogP contribution is 2.44. The highest BCUT2D eigenvalue weighted by Gasteiger charge is 2.47. The molecule has 2 aliphatic heterocycles. The fourth-order valence-electron chi connectivity index (χ4n) is 5.08. The lowest BCUT2D eigenvalue weighted by molar-refractivity contribution is -0.122. The van der Waals surface area contributed by atoms with Gasteiger partial charge in [0.15, 0.2) is 5.66 Å². The molecule has 1 spiro atoms. The third kappa shape index (κ3) is 4.28. The standard InChI is InChI=1S/C23H30N4O/c1-2-3-14-23(25-26-23)15-11-21(28)24-20-16-22(12-7-8-13-22)27(18-20)17-19-9-5-4-6-10-19/h1,4-6,9-10,20H,3,7-8,11-18H2,(H,24,28). The average molecular weight is 379 g/mol. The summed E-state index contributed by atoms with van der Waals surface area (Å²) in [5, 5.41) is 11.6. The van der Waals surface area contributed by atoms with E-state index >= 15 is 0 Å². The molecule has 1 atom stereocenters. The molecule has 1 amide bonds. The molecule has 4 rings (SSSR count). The maximum absolute atomic E-state index is 12.6. The summed E-state index contributed by atoms with van der Waals surface area (Å²) in [6.45, 7) is 1.91. The molecule has 3 aliphatic rings. The van der Waals surface area contributed by atoms with Gasteiger partial charge in [-0.05, 0) is 24.8 Å². The maximum Gasteiger partial charge on any atom is 0.220 e. The van der Waals surface area contributed by atoms with Crippen molar-refractivity contribution in [2.24, 2.45) is 10.2 Å². The van der Waals surface area contributed by atoms with E-state index in [4.69, 9.17) is 6.42 Å². The molecule has 5 nitrogen and oxygen atoms in total. The zero-order valence-corrected chi connectivity index (χ0v) is 16.6. The molecule has 0 radical (unpaired) electrons. The third-order valence-electron chi connectivity index (χ3n) is 6.66. The van der Waals surface area contributed by atoms with Gasteiger partial charge in [-0.1, -0.05) is 43.2 Å². The van der Waals surface area contributed by atoms with Gasteiger partial charge >= 0.3 is 0 Å². The van der Waals surface area contributed by atoms with Gasteiger partial charge in [-0.2, -0.15) is 10.2 Å². The molecular formula is C23H30N4O. The molecule has 0 bridgehead atoms. The van der Waals surface area contributed by atoms with Gasteiger partial charge in [0.05, 0.1) is 0 Å². The first-order valence-electron chi connectivity index (χ1n) is 10.6. The van der Waals surface area contributed by atoms with E-state index in [0.29, 0.717) is 19.3 Å². The number of likely N-dealkylation sites (tertiary alicyclic amines) is 1. The second-order valence-electron chi connectivity index (χ2n) is 8.65. The number of hydrogen-bond acceptors (Lipinski definition) is 4. The van der Waals surface area contributed by atoms with Crippen LogP contribution in [-0.4, -0.2) is 34.6 Å². The van der Waals surface area contributed by atoms with E-state index in [-0.39, 0.29) is 23.2 Å². The van der Waals surface area contributed by atoms with Crippen LogP contribution in [0.1, 0.15) is 63.4 Å². The van der Waals surface area contributed by atoms with Crippen LogP contribution in [0.3, 0.4) is 0 Å². The molecule has 2 fully saturated rings. The first-order chi connectivity index (χ1) is 13.6. The largest absolute Gasteiger partial charge is 0.352 e. The number of carbonyl (C=O) groups excluding carboxylic acids is 1. The van der Waals surface area contributed by atoms with Crippen LogP contribution in [0.2, 0.25) is 0 Å². The quantitative estimate of drug-likeness (QED) is 0.694. The Bertz CT molecular complexity index is 755. The Morgan fingerprint density at radius 2 is 1.96 bits per heavy atom. The number of benzene rings is 1. The van der Waals surface area contributed by atoms with Gasteiger partial charge in [-0.25, -0.2) is 0 Å². The third-order valence-corrected chi connectivity index (χ3v) is 6.66. The summed E-state index contributed by atoms with van der Waals surface area (Å²) >= 11 is 0. The zero-order chi connectivity index (χ0) is 19.5. The average Bonchev–Trinajstić information content (AvgIpc) is 3.19. The van der Waals surface area contributed by atoms with Gasteiger partial charge in [-0.15, -0.1) is 12.3 Å². The van der Waals surface area contributed by atoms with Crippen LogP contribution in [0.15, 0.2) is 40.6 Å². The fourth-order valence-corrected chi connectivity index (χ4v) is 5.08. The highest BCUT2D eigenvalue weighted by atomic mass is 16.1. The second kappa shape index (κ2) is 8.05. The van der Waals surface area contributed by atoms with E-state index in [2.05, 4.69) is 56.7 Å². The molecule has 1 aliphatic carbocycles. The Balaban J connectivity index is 1.31. The summed E-state index contributed by atoms with van der Waals surface area (Å²) in [6, 6.07) is 10.9. The number of amides is 1. The molecule has 5 heteroatoms. The summed E-state index contributed by atoms with van der Waals surface area (Å²) < 4.78 is 0. The summed E-state index contributed by atoms with van der Waals surface area (Å²) in [5.41, 5.74) is 1.25. The number of carbonyl (C=O) groups is 1. The van der Waals surface area contributed by atoms with Crippen LogP contribution in [0.25, 0.3) is 0 Å². The van der Waals surface area contributed by atoms with E-state index in [1.807, 2.05) is 0 Å². The van der Waals surface area contributed by atoms with E-state index in [1.54, 1.807) is 0 Å². The van der Waals surface area contributed by atoms with Crippen molar-refractivity contribution < 1.29 is 4.79 Å². The maximum atomic E-state index is 12.6. The summed E-state index contributed by atoms with van der Waals surface area (Å²) in [6.07, 6.45) is 14.1.